The summed E-state index contributed by atoms with van der Waals surface area (Å²) in [5, 5.41) is 7.98. The zero-order chi connectivity index (χ0) is 14.0. The van der Waals surface area contributed by atoms with Gasteiger partial charge in [0, 0.05) is 23.3 Å². The van der Waals surface area contributed by atoms with Gasteiger partial charge in [-0.3, -0.25) is 0 Å². The number of aromatic nitrogens is 2. The van der Waals surface area contributed by atoms with Crippen LogP contribution in [0.3, 0.4) is 0 Å². The molecule has 0 aliphatic carbocycles. The Morgan fingerprint density at radius 1 is 1.26 bits per heavy atom. The van der Waals surface area contributed by atoms with Gasteiger partial charge >= 0.3 is 0 Å². The quantitative estimate of drug-likeness (QED) is 0.929. The molecular formula is C15H20BrN3. The van der Waals surface area contributed by atoms with E-state index >= 15 is 0 Å². The van der Waals surface area contributed by atoms with Gasteiger partial charge < -0.3 is 5.32 Å². The van der Waals surface area contributed by atoms with Crippen molar-refractivity contribution in [2.45, 2.75) is 40.3 Å². The smallest absolute Gasteiger partial charge is 0.0766 e. The third-order valence-corrected chi connectivity index (χ3v) is 4.27. The fourth-order valence-electron chi connectivity index (χ4n) is 1.96. The molecule has 0 amide bonds. The lowest BCUT2D eigenvalue weighted by atomic mass is 10.1. The van der Waals surface area contributed by atoms with E-state index in [1.807, 2.05) is 10.9 Å². The lowest BCUT2D eigenvalue weighted by Crippen LogP contribution is -2.22. The molecule has 0 unspecified atom stereocenters. The van der Waals surface area contributed by atoms with Crippen molar-refractivity contribution in [2.75, 3.05) is 0 Å². The van der Waals surface area contributed by atoms with Crippen LogP contribution < -0.4 is 5.32 Å². The maximum Gasteiger partial charge on any atom is 0.0766 e. The van der Waals surface area contributed by atoms with E-state index in [-0.39, 0.29) is 0 Å². The highest BCUT2D eigenvalue weighted by Crippen LogP contribution is 2.24. The summed E-state index contributed by atoms with van der Waals surface area (Å²) in [7, 11) is 0. The predicted molar refractivity (Wildman–Crippen MR) is 82.7 cm³/mol. The van der Waals surface area contributed by atoms with E-state index < -0.39 is 0 Å². The van der Waals surface area contributed by atoms with E-state index in [0.717, 1.165) is 17.9 Å². The first-order chi connectivity index (χ1) is 8.97. The van der Waals surface area contributed by atoms with Gasteiger partial charge in [-0.05, 0) is 43.2 Å². The van der Waals surface area contributed by atoms with Crippen molar-refractivity contribution in [1.82, 2.24) is 15.1 Å². The number of hydrogen-bond acceptors (Lipinski definition) is 2. The lowest BCUT2D eigenvalue weighted by Gasteiger charge is -2.08. The summed E-state index contributed by atoms with van der Waals surface area (Å²) < 4.78 is 3.11. The molecule has 0 bridgehead atoms. The minimum absolute atomic E-state index is 0.474. The maximum atomic E-state index is 4.60. The highest BCUT2D eigenvalue weighted by atomic mass is 79.9. The van der Waals surface area contributed by atoms with E-state index in [4.69, 9.17) is 0 Å². The fourth-order valence-corrected chi connectivity index (χ4v) is 2.19. The SMILES string of the molecule is Cc1cc(-n2ccc(CNC(C)C)n2)cc(C)c1Br. The first-order valence-corrected chi connectivity index (χ1v) is 7.31. The fraction of sp³-hybridized carbons (Fsp3) is 0.400. The number of hydrogen-bond donors (Lipinski definition) is 1. The molecule has 0 atom stereocenters. The molecule has 19 heavy (non-hydrogen) atoms. The first-order valence-electron chi connectivity index (χ1n) is 6.52. The standard InChI is InChI=1S/C15H20BrN3/c1-10(2)17-9-13-5-6-19(18-13)14-7-11(3)15(16)12(4)8-14/h5-8,10,17H,9H2,1-4H3. The molecule has 0 fully saturated rings. The van der Waals surface area contributed by atoms with E-state index in [1.54, 1.807) is 0 Å². The topological polar surface area (TPSA) is 29.9 Å². The van der Waals surface area contributed by atoms with Gasteiger partial charge in [-0.1, -0.05) is 29.8 Å². The molecule has 0 aliphatic heterocycles. The van der Waals surface area contributed by atoms with E-state index in [0.29, 0.717) is 6.04 Å². The summed E-state index contributed by atoms with van der Waals surface area (Å²) >= 11 is 3.59. The number of halogens is 1. The van der Waals surface area contributed by atoms with Crippen molar-refractivity contribution in [1.29, 1.82) is 0 Å². The van der Waals surface area contributed by atoms with E-state index in [2.05, 4.69) is 72.2 Å². The van der Waals surface area contributed by atoms with Crippen LogP contribution in [0.25, 0.3) is 5.69 Å². The Balaban J connectivity index is 2.23. The van der Waals surface area contributed by atoms with Gasteiger partial charge in [0.25, 0.3) is 0 Å². The number of nitrogens with one attached hydrogen (secondary N) is 1. The van der Waals surface area contributed by atoms with Gasteiger partial charge in [0.2, 0.25) is 0 Å². The summed E-state index contributed by atoms with van der Waals surface area (Å²) in [6, 6.07) is 6.82. The number of rotatable bonds is 4. The second-order valence-corrected chi connectivity index (χ2v) is 5.97. The molecule has 0 radical (unpaired) electrons. The molecular weight excluding hydrogens is 302 g/mol. The Bertz CT molecular complexity index is 550. The largest absolute Gasteiger partial charge is 0.309 e. The van der Waals surface area contributed by atoms with Gasteiger partial charge in [-0.15, -0.1) is 0 Å². The number of aryl methyl sites for hydroxylation is 2. The molecule has 1 heterocycles. The molecule has 0 saturated heterocycles. The molecule has 1 aromatic heterocycles. The maximum absolute atomic E-state index is 4.60. The van der Waals surface area contributed by atoms with Crippen molar-refractivity contribution >= 4 is 15.9 Å². The minimum Gasteiger partial charge on any atom is -0.309 e. The van der Waals surface area contributed by atoms with Crippen LogP contribution in [0.2, 0.25) is 0 Å². The average Bonchev–Trinajstić information content (AvgIpc) is 2.81. The Morgan fingerprint density at radius 3 is 2.47 bits per heavy atom. The Kier molecular flexibility index (Phi) is 4.42. The summed E-state index contributed by atoms with van der Waals surface area (Å²) in [4.78, 5) is 0. The molecule has 3 nitrogen and oxygen atoms in total. The van der Waals surface area contributed by atoms with Gasteiger partial charge in [0.15, 0.2) is 0 Å². The summed E-state index contributed by atoms with van der Waals surface area (Å²) in [5.74, 6) is 0. The van der Waals surface area contributed by atoms with Gasteiger partial charge in [0.05, 0.1) is 11.4 Å². The van der Waals surface area contributed by atoms with Crippen molar-refractivity contribution in [3.05, 3.63) is 45.7 Å². The molecule has 4 heteroatoms. The van der Waals surface area contributed by atoms with Gasteiger partial charge in [-0.2, -0.15) is 5.10 Å². The van der Waals surface area contributed by atoms with Crippen LogP contribution >= 0.6 is 15.9 Å². The number of benzene rings is 1. The van der Waals surface area contributed by atoms with Crippen molar-refractivity contribution in [3.63, 3.8) is 0 Å². The Hall–Kier alpha value is -1.13. The van der Waals surface area contributed by atoms with Crippen LogP contribution in [0.1, 0.15) is 30.7 Å². The molecule has 0 spiro atoms. The third-order valence-electron chi connectivity index (χ3n) is 3.02. The van der Waals surface area contributed by atoms with Gasteiger partial charge in [-0.25, -0.2) is 4.68 Å². The zero-order valence-electron chi connectivity index (χ0n) is 11.9. The predicted octanol–water partition coefficient (Wildman–Crippen LogP) is 3.75. The van der Waals surface area contributed by atoms with Gasteiger partial charge in [0.1, 0.15) is 0 Å². The summed E-state index contributed by atoms with van der Waals surface area (Å²) in [6.07, 6.45) is 2.01. The highest BCUT2D eigenvalue weighted by Gasteiger charge is 2.06. The van der Waals surface area contributed by atoms with Crippen LogP contribution in [-0.4, -0.2) is 15.8 Å². The second-order valence-electron chi connectivity index (χ2n) is 5.18. The Morgan fingerprint density at radius 2 is 1.89 bits per heavy atom. The van der Waals surface area contributed by atoms with Crippen molar-refractivity contribution < 1.29 is 0 Å². The van der Waals surface area contributed by atoms with Crippen molar-refractivity contribution in [2.24, 2.45) is 0 Å². The van der Waals surface area contributed by atoms with Crippen LogP contribution in [0.4, 0.5) is 0 Å². The summed E-state index contributed by atoms with van der Waals surface area (Å²) in [5.41, 5.74) is 4.63. The third kappa shape index (κ3) is 3.45. The zero-order valence-corrected chi connectivity index (χ0v) is 13.5. The first kappa shape index (κ1) is 14.3. The normalized spacial score (nSPS) is 11.3. The molecule has 2 aromatic rings. The molecule has 0 aliphatic rings. The highest BCUT2D eigenvalue weighted by molar-refractivity contribution is 9.10. The van der Waals surface area contributed by atoms with Crippen LogP contribution in [0, 0.1) is 13.8 Å². The molecule has 0 saturated carbocycles. The second kappa shape index (κ2) is 5.88. The lowest BCUT2D eigenvalue weighted by molar-refractivity contribution is 0.578. The molecule has 2 rings (SSSR count). The minimum atomic E-state index is 0.474. The van der Waals surface area contributed by atoms with Crippen LogP contribution in [0.5, 0.6) is 0 Å². The number of nitrogens with zero attached hydrogens (tertiary/aromatic N) is 2. The summed E-state index contributed by atoms with van der Waals surface area (Å²) in [6.45, 7) is 9.28. The molecule has 1 N–H and O–H groups in total. The van der Waals surface area contributed by atoms with E-state index in [1.165, 1.54) is 15.6 Å². The molecule has 102 valence electrons. The monoisotopic (exact) mass is 321 g/mol. The Labute approximate surface area is 123 Å². The van der Waals surface area contributed by atoms with E-state index in [9.17, 15) is 0 Å². The van der Waals surface area contributed by atoms with Crippen LogP contribution in [0.15, 0.2) is 28.9 Å². The average molecular weight is 322 g/mol. The van der Waals surface area contributed by atoms with Crippen LogP contribution in [-0.2, 0) is 6.54 Å². The molecule has 1 aromatic carbocycles. The van der Waals surface area contributed by atoms with Crippen molar-refractivity contribution in [3.8, 4) is 5.69 Å².